The van der Waals surface area contributed by atoms with E-state index in [1.165, 1.54) is 18.2 Å². The van der Waals surface area contributed by atoms with E-state index in [1.807, 2.05) is 0 Å². The Morgan fingerprint density at radius 3 is 2.70 bits per heavy atom. The van der Waals surface area contributed by atoms with Crippen molar-refractivity contribution in [1.29, 1.82) is 5.26 Å². The molecule has 0 aliphatic rings. The fourth-order valence-electron chi connectivity index (χ4n) is 1.60. The second-order valence-corrected chi connectivity index (χ2v) is 6.17. The van der Waals surface area contributed by atoms with E-state index in [0.717, 1.165) is 0 Å². The van der Waals surface area contributed by atoms with Crippen LogP contribution in [0.25, 0.3) is 0 Å². The zero-order valence-corrected chi connectivity index (χ0v) is 12.2. The molecule has 0 saturated carbocycles. The molecule has 1 unspecified atom stereocenters. The number of carbonyl (C=O) groups is 1. The molecule has 0 radical (unpaired) electrons. The monoisotopic (exact) mass is 316 g/mol. The molecule has 0 fully saturated rings. The third kappa shape index (κ3) is 3.93. The van der Waals surface area contributed by atoms with Gasteiger partial charge in [-0.15, -0.1) is 0 Å². The molecule has 0 aliphatic carbocycles. The van der Waals surface area contributed by atoms with E-state index in [4.69, 9.17) is 22.0 Å². The first-order valence-corrected chi connectivity index (χ1v) is 7.62. The smallest absolute Gasteiger partial charge is 0.321 e. The Kier molecular flexibility index (Phi) is 5.51. The van der Waals surface area contributed by atoms with E-state index in [1.54, 1.807) is 13.0 Å². The van der Waals surface area contributed by atoms with E-state index in [-0.39, 0.29) is 21.9 Å². The third-order valence-corrected chi connectivity index (χ3v) is 4.29. The summed E-state index contributed by atoms with van der Waals surface area (Å²) in [5, 5.41) is 18.1. The van der Waals surface area contributed by atoms with E-state index < -0.39 is 22.0 Å². The fourth-order valence-corrected chi connectivity index (χ4v) is 3.13. The van der Waals surface area contributed by atoms with Gasteiger partial charge in [-0.2, -0.15) is 9.98 Å². The first-order chi connectivity index (χ1) is 9.31. The summed E-state index contributed by atoms with van der Waals surface area (Å²) >= 11 is 5.69. The number of halogens is 1. The van der Waals surface area contributed by atoms with Gasteiger partial charge in [-0.05, 0) is 24.6 Å². The average Bonchev–Trinajstić information content (AvgIpc) is 2.37. The standard InChI is InChI=1S/C12H13ClN2O4S/c1-2-3-10(12(16)17)15-20(18,19)11-5-4-9(13)6-8(11)7-14/h4-6,10,15H,2-3H2,1H3,(H,16,17). The fraction of sp³-hybridized carbons (Fsp3) is 0.333. The minimum Gasteiger partial charge on any atom is -0.480 e. The van der Waals surface area contributed by atoms with Gasteiger partial charge in [-0.25, -0.2) is 8.42 Å². The molecule has 0 spiro atoms. The predicted molar refractivity (Wildman–Crippen MR) is 72.8 cm³/mol. The molecule has 1 aromatic rings. The maximum atomic E-state index is 12.1. The number of carboxylic acid groups (broad SMARTS) is 1. The Morgan fingerprint density at radius 1 is 1.55 bits per heavy atom. The second-order valence-electron chi connectivity index (χ2n) is 4.05. The van der Waals surface area contributed by atoms with Crippen molar-refractivity contribution in [3.05, 3.63) is 28.8 Å². The quantitative estimate of drug-likeness (QED) is 0.831. The van der Waals surface area contributed by atoms with E-state index in [2.05, 4.69) is 4.72 Å². The van der Waals surface area contributed by atoms with Crippen LogP contribution >= 0.6 is 11.6 Å². The molecule has 0 saturated heterocycles. The highest BCUT2D eigenvalue weighted by Crippen LogP contribution is 2.20. The summed E-state index contributed by atoms with van der Waals surface area (Å²) in [7, 11) is -4.10. The number of hydrogen-bond donors (Lipinski definition) is 2. The molecule has 108 valence electrons. The first kappa shape index (κ1) is 16.4. The van der Waals surface area contributed by atoms with Gasteiger partial charge < -0.3 is 5.11 Å². The second kappa shape index (κ2) is 6.70. The van der Waals surface area contributed by atoms with Crippen LogP contribution in [0.3, 0.4) is 0 Å². The molecule has 0 heterocycles. The van der Waals surface area contributed by atoms with Crippen LogP contribution in [-0.2, 0) is 14.8 Å². The predicted octanol–water partition coefficient (Wildman–Crippen LogP) is 1.74. The van der Waals surface area contributed by atoms with Crippen LogP contribution in [0.15, 0.2) is 23.1 Å². The normalized spacial score (nSPS) is 12.7. The Morgan fingerprint density at radius 2 is 2.20 bits per heavy atom. The van der Waals surface area contributed by atoms with E-state index in [9.17, 15) is 13.2 Å². The van der Waals surface area contributed by atoms with Crippen LogP contribution in [0.2, 0.25) is 5.02 Å². The molecule has 8 heteroatoms. The summed E-state index contributed by atoms with van der Waals surface area (Å²) in [5.41, 5.74) is -0.134. The molecular formula is C12H13ClN2O4S. The van der Waals surface area contributed by atoms with E-state index >= 15 is 0 Å². The summed E-state index contributed by atoms with van der Waals surface area (Å²) in [6.45, 7) is 1.74. The van der Waals surface area contributed by atoms with Crippen LogP contribution < -0.4 is 4.72 Å². The SMILES string of the molecule is CCCC(NS(=O)(=O)c1ccc(Cl)cc1C#N)C(=O)O. The maximum absolute atomic E-state index is 12.1. The van der Waals surface area contributed by atoms with Crippen molar-refractivity contribution >= 4 is 27.6 Å². The molecule has 2 N–H and O–H groups in total. The summed E-state index contributed by atoms with van der Waals surface area (Å²) in [4.78, 5) is 10.7. The Balaban J connectivity index is 3.17. The Hall–Kier alpha value is -1.62. The minimum absolute atomic E-state index is 0.134. The van der Waals surface area contributed by atoms with Crippen molar-refractivity contribution in [3.63, 3.8) is 0 Å². The minimum atomic E-state index is -4.10. The highest BCUT2D eigenvalue weighted by atomic mass is 35.5. The third-order valence-electron chi connectivity index (χ3n) is 2.52. The van der Waals surface area contributed by atoms with Crippen LogP contribution in [0.5, 0.6) is 0 Å². The lowest BCUT2D eigenvalue weighted by molar-refractivity contribution is -0.139. The lowest BCUT2D eigenvalue weighted by atomic mass is 10.2. The number of sulfonamides is 1. The summed E-state index contributed by atoms with van der Waals surface area (Å²) < 4.78 is 26.4. The summed E-state index contributed by atoms with van der Waals surface area (Å²) in [5.74, 6) is -1.26. The molecule has 20 heavy (non-hydrogen) atoms. The number of nitriles is 1. The molecule has 0 aliphatic heterocycles. The van der Waals surface area contributed by atoms with Gasteiger partial charge in [-0.1, -0.05) is 24.9 Å². The number of carboxylic acids is 1. The summed E-state index contributed by atoms with van der Waals surface area (Å²) in [6.07, 6.45) is 0.662. The van der Waals surface area contributed by atoms with Crippen LogP contribution in [0.4, 0.5) is 0 Å². The number of rotatable bonds is 6. The van der Waals surface area contributed by atoms with E-state index in [0.29, 0.717) is 6.42 Å². The lowest BCUT2D eigenvalue weighted by Gasteiger charge is -2.14. The van der Waals surface area contributed by atoms with Gasteiger partial charge in [0.15, 0.2) is 0 Å². The van der Waals surface area contributed by atoms with Crippen LogP contribution in [0.1, 0.15) is 25.3 Å². The number of nitrogens with one attached hydrogen (secondary N) is 1. The molecule has 1 rings (SSSR count). The van der Waals surface area contributed by atoms with Crippen molar-refractivity contribution in [2.24, 2.45) is 0 Å². The zero-order chi connectivity index (χ0) is 15.3. The van der Waals surface area contributed by atoms with Gasteiger partial charge in [0.1, 0.15) is 12.1 Å². The van der Waals surface area contributed by atoms with Gasteiger partial charge in [-0.3, -0.25) is 4.79 Å². The molecule has 1 atom stereocenters. The number of hydrogen-bond acceptors (Lipinski definition) is 4. The lowest BCUT2D eigenvalue weighted by Crippen LogP contribution is -2.40. The van der Waals surface area contributed by atoms with Crippen molar-refractivity contribution in [2.75, 3.05) is 0 Å². The molecule has 1 aromatic carbocycles. The zero-order valence-electron chi connectivity index (χ0n) is 10.6. The highest BCUT2D eigenvalue weighted by Gasteiger charge is 2.26. The van der Waals surface area contributed by atoms with Crippen molar-refractivity contribution in [3.8, 4) is 6.07 Å². The van der Waals surface area contributed by atoms with Gasteiger partial charge in [0, 0.05) is 5.02 Å². The van der Waals surface area contributed by atoms with Gasteiger partial charge in [0.2, 0.25) is 10.0 Å². The maximum Gasteiger partial charge on any atom is 0.321 e. The van der Waals surface area contributed by atoms with Crippen molar-refractivity contribution in [2.45, 2.75) is 30.7 Å². The first-order valence-electron chi connectivity index (χ1n) is 5.76. The van der Waals surface area contributed by atoms with Gasteiger partial charge in [0.05, 0.1) is 10.5 Å². The molecule has 0 aromatic heterocycles. The number of benzene rings is 1. The van der Waals surface area contributed by atoms with Crippen LogP contribution in [-0.4, -0.2) is 25.5 Å². The largest absolute Gasteiger partial charge is 0.480 e. The molecular weight excluding hydrogens is 304 g/mol. The average molecular weight is 317 g/mol. The van der Waals surface area contributed by atoms with Crippen molar-refractivity contribution < 1.29 is 18.3 Å². The topological polar surface area (TPSA) is 107 Å². The number of nitrogens with zero attached hydrogens (tertiary/aromatic N) is 1. The van der Waals surface area contributed by atoms with Gasteiger partial charge >= 0.3 is 5.97 Å². The highest BCUT2D eigenvalue weighted by molar-refractivity contribution is 7.89. The van der Waals surface area contributed by atoms with Crippen LogP contribution in [0, 0.1) is 11.3 Å². The Bertz CT molecular complexity index is 652. The molecule has 6 nitrogen and oxygen atoms in total. The Labute approximate surface area is 122 Å². The summed E-state index contributed by atoms with van der Waals surface area (Å²) in [6, 6.07) is 4.21. The molecule has 0 amide bonds. The molecule has 0 bridgehead atoms. The van der Waals surface area contributed by atoms with Crippen molar-refractivity contribution in [1.82, 2.24) is 4.72 Å². The number of aliphatic carboxylic acids is 1. The van der Waals surface area contributed by atoms with Gasteiger partial charge in [0.25, 0.3) is 0 Å².